The van der Waals surface area contributed by atoms with Crippen molar-refractivity contribution in [2.75, 3.05) is 0 Å². The fourth-order valence-corrected chi connectivity index (χ4v) is 27.0. The maximum atomic E-state index is 8.12. The van der Waals surface area contributed by atoms with Gasteiger partial charge in [-0.2, -0.15) is 0 Å². The summed E-state index contributed by atoms with van der Waals surface area (Å²) in [7, 11) is -15.8. The molecule has 7 rings (SSSR count). The molecular formula is C40H36O5Si5. The number of rotatable bonds is 8. The molecule has 1 heterocycles. The van der Waals surface area contributed by atoms with Gasteiger partial charge >= 0.3 is 44.3 Å². The van der Waals surface area contributed by atoms with Crippen molar-refractivity contribution in [3.63, 3.8) is 0 Å². The Kier molecular flexibility index (Phi) is 10.4. The molecule has 6 aromatic rings. The summed E-state index contributed by atoms with van der Waals surface area (Å²) >= 11 is 0. The van der Waals surface area contributed by atoms with Crippen LogP contribution in [-0.2, 0) is 20.6 Å². The van der Waals surface area contributed by atoms with Gasteiger partial charge in [0, 0.05) is 0 Å². The Hall–Kier alpha value is -4.32. The Morgan fingerprint density at radius 3 is 0.780 bits per heavy atom. The molecule has 0 spiro atoms. The zero-order chi connectivity index (χ0) is 34.3. The second-order valence-corrected chi connectivity index (χ2v) is 24.9. The van der Waals surface area contributed by atoms with Gasteiger partial charge in [-0.1, -0.05) is 182 Å². The van der Waals surface area contributed by atoms with Gasteiger partial charge in [0.2, 0.25) is 0 Å². The third-order valence-electron chi connectivity index (χ3n) is 8.52. The van der Waals surface area contributed by atoms with Gasteiger partial charge in [0.05, 0.1) is 0 Å². The van der Waals surface area contributed by atoms with Crippen LogP contribution in [-0.4, -0.2) is 44.3 Å². The molecule has 5 nitrogen and oxygen atoms in total. The van der Waals surface area contributed by atoms with E-state index in [1.54, 1.807) is 11.4 Å². The minimum absolute atomic E-state index is 0.937. The maximum Gasteiger partial charge on any atom is 0.396 e. The predicted octanol–water partition coefficient (Wildman–Crippen LogP) is 4.28. The van der Waals surface area contributed by atoms with Crippen molar-refractivity contribution in [1.29, 1.82) is 0 Å². The molecule has 0 unspecified atom stereocenters. The molecule has 10 heteroatoms. The van der Waals surface area contributed by atoms with Crippen LogP contribution < -0.4 is 31.1 Å². The molecule has 1 aliphatic rings. The van der Waals surface area contributed by atoms with E-state index < -0.39 is 44.3 Å². The van der Waals surface area contributed by atoms with Gasteiger partial charge in [0.1, 0.15) is 0 Å². The molecule has 6 aromatic carbocycles. The lowest BCUT2D eigenvalue weighted by molar-refractivity contribution is 0.283. The second-order valence-electron chi connectivity index (χ2n) is 11.6. The van der Waals surface area contributed by atoms with Crippen molar-refractivity contribution in [2.24, 2.45) is 0 Å². The standard InChI is InChI=1S/C40H36O5Si5/c1-3-46-41-47(4-2)43-49(37-27-15-7-16-28-37,38-29-17-8-18-30-38)45-50(39-31-19-9-20-32-39,40-33-21-10-22-34-40)44-48(42-46,35-23-11-5-12-24-35)36-25-13-6-14-26-36/h3-34H,1-2H2. The van der Waals surface area contributed by atoms with Gasteiger partial charge in [0.15, 0.2) is 0 Å². The van der Waals surface area contributed by atoms with Gasteiger partial charge in [-0.3, -0.25) is 0 Å². The average Bonchev–Trinajstić information content (AvgIpc) is 3.21. The molecule has 0 saturated carbocycles. The molecule has 0 amide bonds. The van der Waals surface area contributed by atoms with E-state index in [4.69, 9.17) is 20.6 Å². The Balaban J connectivity index is 1.65. The van der Waals surface area contributed by atoms with Crippen LogP contribution in [0.5, 0.6) is 0 Å². The highest BCUT2D eigenvalue weighted by atomic mass is 28.5. The van der Waals surface area contributed by atoms with E-state index in [2.05, 4.69) is 86.0 Å². The van der Waals surface area contributed by atoms with Crippen LogP contribution in [0.1, 0.15) is 0 Å². The van der Waals surface area contributed by atoms with Crippen molar-refractivity contribution in [3.8, 4) is 0 Å². The summed E-state index contributed by atoms with van der Waals surface area (Å²) in [6.07, 6.45) is 0. The molecule has 2 radical (unpaired) electrons. The monoisotopic (exact) mass is 736 g/mol. The molecule has 1 aliphatic heterocycles. The zero-order valence-corrected chi connectivity index (χ0v) is 32.4. The summed E-state index contributed by atoms with van der Waals surface area (Å²) in [6, 6.07) is 61.7. The zero-order valence-electron chi connectivity index (χ0n) is 27.4. The predicted molar refractivity (Wildman–Crippen MR) is 211 cm³/mol. The van der Waals surface area contributed by atoms with E-state index in [9.17, 15) is 0 Å². The van der Waals surface area contributed by atoms with Gasteiger partial charge in [0.25, 0.3) is 0 Å². The smallest absolute Gasteiger partial charge is 0.396 e. The van der Waals surface area contributed by atoms with E-state index in [0.29, 0.717) is 0 Å². The first-order valence-electron chi connectivity index (χ1n) is 16.4. The normalized spacial score (nSPS) is 17.7. The minimum atomic E-state index is -3.88. The van der Waals surface area contributed by atoms with Gasteiger partial charge in [-0.15, -0.1) is 13.2 Å². The average molecular weight is 737 g/mol. The van der Waals surface area contributed by atoms with Crippen LogP contribution in [0.25, 0.3) is 0 Å². The number of hydrogen-bond acceptors (Lipinski definition) is 5. The largest absolute Gasteiger partial charge is 0.407 e. The van der Waals surface area contributed by atoms with Crippen molar-refractivity contribution in [1.82, 2.24) is 0 Å². The summed E-state index contributed by atoms with van der Waals surface area (Å²) in [5.74, 6) is 0. The molecule has 246 valence electrons. The van der Waals surface area contributed by atoms with Crippen LogP contribution >= 0.6 is 0 Å². The third kappa shape index (κ3) is 6.62. The summed E-state index contributed by atoms with van der Waals surface area (Å²) in [5, 5.41) is 5.62. The molecule has 1 saturated heterocycles. The van der Waals surface area contributed by atoms with Gasteiger partial charge < -0.3 is 20.6 Å². The molecule has 0 aromatic heterocycles. The molecule has 0 N–H and O–H groups in total. The van der Waals surface area contributed by atoms with E-state index in [0.717, 1.165) is 31.1 Å². The Labute approximate surface area is 301 Å². The molecule has 0 bridgehead atoms. The number of benzene rings is 6. The summed E-state index contributed by atoms with van der Waals surface area (Å²) in [4.78, 5) is 0. The Bertz CT molecular complexity index is 1760. The fourth-order valence-electron chi connectivity index (χ4n) is 6.21. The van der Waals surface area contributed by atoms with E-state index in [1.807, 2.05) is 109 Å². The summed E-state index contributed by atoms with van der Waals surface area (Å²) in [6.45, 7) is 8.43. The maximum absolute atomic E-state index is 8.12. The van der Waals surface area contributed by atoms with Crippen LogP contribution in [0.2, 0.25) is 0 Å². The SMILES string of the molecule is C=C[Si]1O[Si](C=C)O[Si](c2ccccc2)(c2ccccc2)O[Si](c2ccccc2)(c2ccccc2)O[Si](c2ccccc2)(c2ccccc2)O1. The Morgan fingerprint density at radius 2 is 0.560 bits per heavy atom. The highest BCUT2D eigenvalue weighted by Crippen LogP contribution is 2.27. The fraction of sp³-hybridized carbons (Fsp3) is 0. The topological polar surface area (TPSA) is 46.2 Å². The van der Waals surface area contributed by atoms with Crippen LogP contribution in [0.15, 0.2) is 207 Å². The summed E-state index contributed by atoms with van der Waals surface area (Å²) < 4.78 is 37.9. The van der Waals surface area contributed by atoms with Crippen molar-refractivity contribution >= 4 is 75.4 Å². The molecule has 0 aliphatic carbocycles. The highest BCUT2D eigenvalue weighted by Gasteiger charge is 2.61. The highest BCUT2D eigenvalue weighted by molar-refractivity contribution is 7.11. The summed E-state index contributed by atoms with van der Waals surface area (Å²) in [5.41, 5.74) is 3.56. The Morgan fingerprint density at radius 1 is 0.340 bits per heavy atom. The minimum Gasteiger partial charge on any atom is -0.407 e. The first kappa shape index (κ1) is 34.1. The first-order valence-corrected chi connectivity index (χ1v) is 24.6. The molecule has 1 fully saturated rings. The van der Waals surface area contributed by atoms with Gasteiger partial charge in [-0.05, 0) is 42.5 Å². The molecule has 0 atom stereocenters. The lowest BCUT2D eigenvalue weighted by Crippen LogP contribution is -2.82. The third-order valence-corrected chi connectivity index (χ3v) is 25.9. The first-order chi connectivity index (χ1) is 24.6. The van der Waals surface area contributed by atoms with Crippen LogP contribution in [0.3, 0.4) is 0 Å². The van der Waals surface area contributed by atoms with Crippen molar-refractivity contribution in [2.45, 2.75) is 0 Å². The molecule has 50 heavy (non-hydrogen) atoms. The second kappa shape index (κ2) is 15.3. The quantitative estimate of drug-likeness (QED) is 0.219. The van der Waals surface area contributed by atoms with Crippen LogP contribution in [0.4, 0.5) is 0 Å². The van der Waals surface area contributed by atoms with Crippen molar-refractivity contribution < 1.29 is 20.6 Å². The lowest BCUT2D eigenvalue weighted by Gasteiger charge is -2.48. The van der Waals surface area contributed by atoms with E-state index in [-0.39, 0.29) is 0 Å². The van der Waals surface area contributed by atoms with Crippen LogP contribution in [0, 0.1) is 0 Å². The van der Waals surface area contributed by atoms with E-state index >= 15 is 0 Å². The van der Waals surface area contributed by atoms with Crippen molar-refractivity contribution in [3.05, 3.63) is 207 Å². The molecular weight excluding hydrogens is 701 g/mol. The van der Waals surface area contributed by atoms with E-state index in [1.165, 1.54) is 0 Å². The lowest BCUT2D eigenvalue weighted by atomic mass is 10.4. The number of hydrogen-bond donors (Lipinski definition) is 0. The van der Waals surface area contributed by atoms with Gasteiger partial charge in [-0.25, -0.2) is 0 Å².